The van der Waals surface area contributed by atoms with E-state index in [4.69, 9.17) is 4.74 Å². The van der Waals surface area contributed by atoms with E-state index in [1.807, 2.05) is 6.07 Å². The summed E-state index contributed by atoms with van der Waals surface area (Å²) >= 11 is 0. The van der Waals surface area contributed by atoms with Crippen molar-refractivity contribution in [3.05, 3.63) is 46.1 Å². The van der Waals surface area contributed by atoms with E-state index in [1.165, 1.54) is 44.4 Å². The number of ether oxygens (including phenoxy) is 1. The maximum Gasteiger partial charge on any atom is 0.293 e. The second-order valence-electron chi connectivity index (χ2n) is 4.61. The average molecular weight is 327 g/mol. The first-order valence-electron chi connectivity index (χ1n) is 6.77. The third-order valence-corrected chi connectivity index (χ3v) is 2.97. The van der Waals surface area contributed by atoms with Gasteiger partial charge in [0.2, 0.25) is 5.91 Å². The molecule has 0 spiro atoms. The maximum absolute atomic E-state index is 11.1. The van der Waals surface area contributed by atoms with Crippen molar-refractivity contribution in [3.8, 4) is 17.6 Å². The van der Waals surface area contributed by atoms with Crippen LogP contribution in [0, 0.1) is 21.4 Å². The fourth-order valence-corrected chi connectivity index (χ4v) is 2.02. The molecular formula is C15H13N5O4. The van der Waals surface area contributed by atoms with Gasteiger partial charge in [-0.15, -0.1) is 0 Å². The van der Waals surface area contributed by atoms with Crippen LogP contribution >= 0.6 is 0 Å². The first-order chi connectivity index (χ1) is 11.5. The predicted octanol–water partition coefficient (Wildman–Crippen LogP) is 2.65. The summed E-state index contributed by atoms with van der Waals surface area (Å²) in [5, 5.41) is 25.5. The van der Waals surface area contributed by atoms with Crippen LogP contribution in [-0.2, 0) is 4.79 Å². The second kappa shape index (κ2) is 7.06. The Morgan fingerprint density at radius 2 is 2.17 bits per heavy atom. The molecule has 1 aromatic carbocycles. The summed E-state index contributed by atoms with van der Waals surface area (Å²) in [5.41, 5.74) is -0.157. The Bertz CT molecular complexity index is 844. The minimum Gasteiger partial charge on any atom is -0.456 e. The van der Waals surface area contributed by atoms with Gasteiger partial charge in [-0.3, -0.25) is 14.9 Å². The molecule has 122 valence electrons. The number of nitrogens with zero attached hydrogens (tertiary/aromatic N) is 3. The summed E-state index contributed by atoms with van der Waals surface area (Å²) in [6.07, 6.45) is 1.43. The van der Waals surface area contributed by atoms with Crippen molar-refractivity contribution in [1.29, 1.82) is 5.26 Å². The van der Waals surface area contributed by atoms with Gasteiger partial charge in [-0.2, -0.15) is 5.26 Å². The van der Waals surface area contributed by atoms with Crippen molar-refractivity contribution in [1.82, 2.24) is 4.98 Å². The number of nitro benzene ring substituents is 1. The Balaban J connectivity index is 2.42. The fraction of sp³-hybridized carbons (Fsp3) is 0.133. The number of carbonyl (C=O) groups excluding carboxylic acids is 1. The number of nitro groups is 1. The lowest BCUT2D eigenvalue weighted by Gasteiger charge is -2.11. The Hall–Kier alpha value is -3.67. The van der Waals surface area contributed by atoms with Crippen molar-refractivity contribution in [2.45, 2.75) is 6.92 Å². The van der Waals surface area contributed by atoms with E-state index >= 15 is 0 Å². The van der Waals surface area contributed by atoms with E-state index in [1.54, 1.807) is 0 Å². The van der Waals surface area contributed by atoms with Gasteiger partial charge >= 0.3 is 0 Å². The summed E-state index contributed by atoms with van der Waals surface area (Å²) in [5.74, 6) is 0.466. The summed E-state index contributed by atoms with van der Waals surface area (Å²) in [4.78, 5) is 25.5. The summed E-state index contributed by atoms with van der Waals surface area (Å²) in [7, 11) is 1.48. The summed E-state index contributed by atoms with van der Waals surface area (Å²) in [6, 6.07) is 7.50. The van der Waals surface area contributed by atoms with Crippen LogP contribution in [0.4, 0.5) is 17.2 Å². The van der Waals surface area contributed by atoms with Gasteiger partial charge < -0.3 is 15.4 Å². The third kappa shape index (κ3) is 3.56. The lowest BCUT2D eigenvalue weighted by atomic mass is 10.1. The molecule has 0 atom stereocenters. The van der Waals surface area contributed by atoms with E-state index in [9.17, 15) is 20.2 Å². The van der Waals surface area contributed by atoms with Gasteiger partial charge in [0, 0.05) is 32.3 Å². The smallest absolute Gasteiger partial charge is 0.293 e. The molecule has 0 saturated carbocycles. The van der Waals surface area contributed by atoms with Gasteiger partial charge in [0.25, 0.3) is 5.69 Å². The molecule has 9 heteroatoms. The lowest BCUT2D eigenvalue weighted by Crippen LogP contribution is -2.07. The highest BCUT2D eigenvalue weighted by Crippen LogP contribution is 2.36. The molecule has 24 heavy (non-hydrogen) atoms. The number of rotatable bonds is 5. The van der Waals surface area contributed by atoms with Crippen LogP contribution in [0.2, 0.25) is 0 Å². The van der Waals surface area contributed by atoms with Crippen LogP contribution in [0.5, 0.6) is 11.5 Å². The monoisotopic (exact) mass is 327 g/mol. The zero-order valence-electron chi connectivity index (χ0n) is 12.9. The number of amides is 1. The number of aromatic nitrogens is 1. The quantitative estimate of drug-likeness (QED) is 0.637. The number of nitrogens with one attached hydrogen (secondary N) is 2. The Labute approximate surface area is 137 Å². The molecule has 0 unspecified atom stereocenters. The fourth-order valence-electron chi connectivity index (χ4n) is 2.02. The highest BCUT2D eigenvalue weighted by Gasteiger charge is 2.21. The van der Waals surface area contributed by atoms with Crippen molar-refractivity contribution < 1.29 is 14.5 Å². The summed E-state index contributed by atoms with van der Waals surface area (Å²) < 4.78 is 5.62. The van der Waals surface area contributed by atoms with Crippen LogP contribution in [0.1, 0.15) is 12.5 Å². The van der Waals surface area contributed by atoms with E-state index in [2.05, 4.69) is 15.6 Å². The summed E-state index contributed by atoms with van der Waals surface area (Å²) in [6.45, 7) is 1.35. The number of benzene rings is 1. The van der Waals surface area contributed by atoms with Gasteiger partial charge in [-0.25, -0.2) is 4.98 Å². The molecular weight excluding hydrogens is 314 g/mol. The molecule has 2 N–H and O–H groups in total. The third-order valence-electron chi connectivity index (χ3n) is 2.97. The first-order valence-corrected chi connectivity index (χ1v) is 6.77. The number of hydrogen-bond acceptors (Lipinski definition) is 7. The first kappa shape index (κ1) is 16.7. The molecule has 2 aromatic rings. The number of pyridine rings is 1. The van der Waals surface area contributed by atoms with Gasteiger partial charge in [-0.05, 0) is 12.1 Å². The van der Waals surface area contributed by atoms with Gasteiger partial charge in [0.05, 0.1) is 4.92 Å². The van der Waals surface area contributed by atoms with Crippen LogP contribution in [0.15, 0.2) is 30.5 Å². The van der Waals surface area contributed by atoms with Gasteiger partial charge in [0.15, 0.2) is 0 Å². The molecule has 0 saturated heterocycles. The molecule has 9 nitrogen and oxygen atoms in total. The zero-order valence-corrected chi connectivity index (χ0v) is 12.9. The Morgan fingerprint density at radius 3 is 2.75 bits per heavy atom. The molecule has 0 radical (unpaired) electrons. The highest BCUT2D eigenvalue weighted by atomic mass is 16.6. The van der Waals surface area contributed by atoms with Crippen LogP contribution in [0.3, 0.4) is 0 Å². The highest BCUT2D eigenvalue weighted by molar-refractivity contribution is 5.87. The molecule has 1 heterocycles. The number of hydrogen-bond donors (Lipinski definition) is 2. The average Bonchev–Trinajstić information content (AvgIpc) is 2.53. The predicted molar refractivity (Wildman–Crippen MR) is 86.0 cm³/mol. The van der Waals surface area contributed by atoms with Crippen LogP contribution in [-0.4, -0.2) is 22.9 Å². The molecule has 0 fully saturated rings. The number of nitriles is 1. The largest absolute Gasteiger partial charge is 0.456 e. The van der Waals surface area contributed by atoms with E-state index in [0.29, 0.717) is 5.75 Å². The molecule has 0 aliphatic heterocycles. The standard InChI is InChI=1S/C15H13N5O4/c1-9(21)19-14-7-10(5-6-18-14)24-13-4-3-12(20(22)23)15(17-2)11(13)8-16/h3-7,17H,1-2H3,(H,18,19,21). The minimum atomic E-state index is -0.586. The van der Waals surface area contributed by atoms with Crippen molar-refractivity contribution in [2.24, 2.45) is 0 Å². The molecule has 0 bridgehead atoms. The topological polar surface area (TPSA) is 130 Å². The van der Waals surface area contributed by atoms with Crippen LogP contribution < -0.4 is 15.4 Å². The van der Waals surface area contributed by atoms with Crippen molar-refractivity contribution in [3.63, 3.8) is 0 Å². The molecule has 0 aliphatic rings. The maximum atomic E-state index is 11.1. The zero-order chi connectivity index (χ0) is 17.7. The SMILES string of the molecule is CNc1c([N+](=O)[O-])ccc(Oc2ccnc(NC(C)=O)c2)c1C#N. The van der Waals surface area contributed by atoms with Gasteiger partial charge in [0.1, 0.15) is 34.6 Å². The van der Waals surface area contributed by atoms with Crippen molar-refractivity contribution >= 4 is 23.1 Å². The van der Waals surface area contributed by atoms with Gasteiger partial charge in [-0.1, -0.05) is 0 Å². The molecule has 1 aromatic heterocycles. The van der Waals surface area contributed by atoms with Crippen molar-refractivity contribution in [2.75, 3.05) is 17.7 Å². The molecule has 0 aliphatic carbocycles. The second-order valence-corrected chi connectivity index (χ2v) is 4.61. The number of anilines is 2. The molecule has 1 amide bonds. The Kier molecular flexibility index (Phi) is 4.91. The minimum absolute atomic E-state index is 0.00425. The normalized spacial score (nSPS) is 9.71. The number of carbonyl (C=O) groups is 1. The van der Waals surface area contributed by atoms with E-state index < -0.39 is 4.92 Å². The van der Waals surface area contributed by atoms with E-state index in [0.717, 1.165) is 0 Å². The Morgan fingerprint density at radius 1 is 1.42 bits per heavy atom. The van der Waals surface area contributed by atoms with Crippen LogP contribution in [0.25, 0.3) is 0 Å². The lowest BCUT2D eigenvalue weighted by molar-refractivity contribution is -0.384. The molecule has 2 rings (SSSR count). The van der Waals surface area contributed by atoms with E-state index in [-0.39, 0.29) is 34.4 Å².